The number of aromatic nitrogens is 2. The van der Waals surface area contributed by atoms with E-state index in [1.807, 2.05) is 29.7 Å². The number of likely N-dealkylation sites (N-methyl/N-ethyl adjacent to an activating group) is 1. The van der Waals surface area contributed by atoms with Crippen LogP contribution in [0.5, 0.6) is 5.75 Å². The average molecular weight is 351 g/mol. The molecule has 0 spiro atoms. The number of benzene rings is 1. The van der Waals surface area contributed by atoms with Crippen molar-refractivity contribution in [3.05, 3.63) is 40.7 Å². The molecule has 0 saturated carbocycles. The summed E-state index contributed by atoms with van der Waals surface area (Å²) in [6.07, 6.45) is 1.85. The van der Waals surface area contributed by atoms with Crippen molar-refractivity contribution in [3.63, 3.8) is 0 Å². The Labute approximate surface area is 147 Å². The monoisotopic (exact) mass is 350 g/mol. The quantitative estimate of drug-likeness (QED) is 0.834. The van der Waals surface area contributed by atoms with E-state index in [-0.39, 0.29) is 12.5 Å². The molecule has 0 fully saturated rings. The summed E-state index contributed by atoms with van der Waals surface area (Å²) in [5.41, 5.74) is 2.81. The molecular weight excluding hydrogens is 328 g/mol. The molecule has 0 saturated heterocycles. The van der Waals surface area contributed by atoms with Crippen molar-refractivity contribution < 1.29 is 9.53 Å². The number of nitrogens with one attached hydrogen (secondary N) is 1. The molecule has 1 amide bonds. The second-order valence-electron chi connectivity index (χ2n) is 5.64. The van der Waals surface area contributed by atoms with Gasteiger partial charge in [-0.25, -0.2) is 0 Å². The molecule has 1 aromatic carbocycles. The lowest BCUT2D eigenvalue weighted by atomic mass is 10.2. The Bertz CT molecular complexity index is 715. The van der Waals surface area contributed by atoms with E-state index in [1.165, 1.54) is 0 Å². The highest BCUT2D eigenvalue weighted by Gasteiger charge is 2.13. The van der Waals surface area contributed by atoms with E-state index in [1.54, 1.807) is 25.3 Å². The first-order chi connectivity index (χ1) is 11.4. The van der Waals surface area contributed by atoms with Gasteiger partial charge in [-0.1, -0.05) is 11.6 Å². The molecule has 0 unspecified atom stereocenters. The van der Waals surface area contributed by atoms with Crippen molar-refractivity contribution in [1.82, 2.24) is 14.7 Å². The molecule has 6 nitrogen and oxygen atoms in total. The fourth-order valence-electron chi connectivity index (χ4n) is 2.52. The second-order valence-corrected chi connectivity index (χ2v) is 6.07. The number of ether oxygens (including phenoxy) is 1. The minimum Gasteiger partial charge on any atom is -0.495 e. The van der Waals surface area contributed by atoms with Crippen LogP contribution in [0.2, 0.25) is 5.02 Å². The van der Waals surface area contributed by atoms with Crippen LogP contribution in [-0.4, -0.2) is 41.3 Å². The van der Waals surface area contributed by atoms with E-state index >= 15 is 0 Å². The zero-order valence-electron chi connectivity index (χ0n) is 14.5. The highest BCUT2D eigenvalue weighted by Crippen LogP contribution is 2.27. The topological polar surface area (TPSA) is 59.4 Å². The number of rotatable bonds is 7. The Kier molecular flexibility index (Phi) is 6.23. The maximum Gasteiger partial charge on any atom is 0.238 e. The largest absolute Gasteiger partial charge is 0.495 e. The maximum absolute atomic E-state index is 12.3. The standard InChI is InChI=1S/C17H23ClN4O2/c1-5-22-12(2)13(9-19-22)10-21(3)11-17(23)20-15-8-14(18)6-7-16(15)24-4/h6-9H,5,10-11H2,1-4H3,(H,20,23). The van der Waals surface area contributed by atoms with Gasteiger partial charge in [0.05, 0.1) is 25.5 Å². The molecule has 0 radical (unpaired) electrons. The summed E-state index contributed by atoms with van der Waals surface area (Å²) in [6, 6.07) is 5.12. The molecule has 0 bridgehead atoms. The van der Waals surface area contributed by atoms with Crippen molar-refractivity contribution in [2.45, 2.75) is 26.9 Å². The Hall–Kier alpha value is -2.05. The number of anilines is 1. The predicted molar refractivity (Wildman–Crippen MR) is 95.6 cm³/mol. The zero-order valence-corrected chi connectivity index (χ0v) is 15.2. The summed E-state index contributed by atoms with van der Waals surface area (Å²) in [5, 5.41) is 7.71. The number of hydrogen-bond acceptors (Lipinski definition) is 4. The van der Waals surface area contributed by atoms with Gasteiger partial charge in [-0.3, -0.25) is 14.4 Å². The van der Waals surface area contributed by atoms with E-state index in [4.69, 9.17) is 16.3 Å². The summed E-state index contributed by atoms with van der Waals surface area (Å²) in [6.45, 7) is 5.85. The van der Waals surface area contributed by atoms with Gasteiger partial charge in [0.25, 0.3) is 0 Å². The Morgan fingerprint density at radius 2 is 2.21 bits per heavy atom. The number of hydrogen-bond donors (Lipinski definition) is 1. The van der Waals surface area contributed by atoms with Crippen molar-refractivity contribution in [1.29, 1.82) is 0 Å². The van der Waals surface area contributed by atoms with Crippen LogP contribution in [-0.2, 0) is 17.9 Å². The molecular formula is C17H23ClN4O2. The summed E-state index contributed by atoms with van der Waals surface area (Å²) in [4.78, 5) is 14.2. The van der Waals surface area contributed by atoms with Crippen LogP contribution in [0.15, 0.2) is 24.4 Å². The van der Waals surface area contributed by atoms with Crippen molar-refractivity contribution >= 4 is 23.2 Å². The van der Waals surface area contributed by atoms with Gasteiger partial charge in [-0.2, -0.15) is 5.10 Å². The van der Waals surface area contributed by atoms with Crippen LogP contribution in [0.3, 0.4) is 0 Å². The smallest absolute Gasteiger partial charge is 0.238 e. The summed E-state index contributed by atoms with van der Waals surface area (Å²) in [5.74, 6) is 0.453. The first kappa shape index (κ1) is 18.3. The molecule has 0 aliphatic heterocycles. The van der Waals surface area contributed by atoms with Gasteiger partial charge in [0.2, 0.25) is 5.91 Å². The molecule has 1 heterocycles. The Balaban J connectivity index is 1.96. The average Bonchev–Trinajstić information content (AvgIpc) is 2.87. The first-order valence-corrected chi connectivity index (χ1v) is 8.15. The third-order valence-electron chi connectivity index (χ3n) is 3.79. The number of carbonyl (C=O) groups excluding carboxylic acids is 1. The zero-order chi connectivity index (χ0) is 17.7. The predicted octanol–water partition coefficient (Wildman–Crippen LogP) is 2.94. The minimum absolute atomic E-state index is 0.126. The Morgan fingerprint density at radius 3 is 2.83 bits per heavy atom. The second kappa shape index (κ2) is 8.17. The van der Waals surface area contributed by atoms with Gasteiger partial charge < -0.3 is 10.1 Å². The van der Waals surface area contributed by atoms with Crippen LogP contribution in [0.1, 0.15) is 18.2 Å². The summed E-state index contributed by atoms with van der Waals surface area (Å²) < 4.78 is 7.18. The van der Waals surface area contributed by atoms with E-state index in [0.29, 0.717) is 23.0 Å². The molecule has 0 aliphatic rings. The van der Waals surface area contributed by atoms with Crippen molar-refractivity contribution in [2.24, 2.45) is 0 Å². The lowest BCUT2D eigenvalue weighted by Crippen LogP contribution is -2.30. The van der Waals surface area contributed by atoms with Gasteiger partial charge in [-0.15, -0.1) is 0 Å². The third kappa shape index (κ3) is 4.49. The van der Waals surface area contributed by atoms with Gasteiger partial charge in [0, 0.05) is 29.4 Å². The summed E-state index contributed by atoms with van der Waals surface area (Å²) in [7, 11) is 3.46. The number of halogens is 1. The maximum atomic E-state index is 12.3. The van der Waals surface area contributed by atoms with Gasteiger partial charge in [0.15, 0.2) is 0 Å². The lowest BCUT2D eigenvalue weighted by Gasteiger charge is -2.17. The SMILES string of the molecule is CCn1ncc(CN(C)CC(=O)Nc2cc(Cl)ccc2OC)c1C. The molecule has 0 atom stereocenters. The van der Waals surface area contributed by atoms with Gasteiger partial charge in [-0.05, 0) is 39.1 Å². The van der Waals surface area contributed by atoms with Crippen LogP contribution in [0.4, 0.5) is 5.69 Å². The highest BCUT2D eigenvalue weighted by atomic mass is 35.5. The van der Waals surface area contributed by atoms with Crippen LogP contribution >= 0.6 is 11.6 Å². The molecule has 1 N–H and O–H groups in total. The third-order valence-corrected chi connectivity index (χ3v) is 4.03. The van der Waals surface area contributed by atoms with Crippen LogP contribution in [0, 0.1) is 6.92 Å². The molecule has 24 heavy (non-hydrogen) atoms. The molecule has 7 heteroatoms. The van der Waals surface area contributed by atoms with Crippen LogP contribution in [0.25, 0.3) is 0 Å². The molecule has 2 rings (SSSR count). The first-order valence-electron chi connectivity index (χ1n) is 7.77. The number of aryl methyl sites for hydroxylation is 1. The van der Waals surface area contributed by atoms with Crippen molar-refractivity contribution in [3.8, 4) is 5.75 Å². The summed E-state index contributed by atoms with van der Waals surface area (Å²) >= 11 is 5.98. The highest BCUT2D eigenvalue weighted by molar-refractivity contribution is 6.31. The number of amides is 1. The van der Waals surface area contributed by atoms with Crippen molar-refractivity contribution in [2.75, 3.05) is 26.0 Å². The number of methoxy groups -OCH3 is 1. The normalized spacial score (nSPS) is 10.9. The number of carbonyl (C=O) groups is 1. The fraction of sp³-hybridized carbons (Fsp3) is 0.412. The molecule has 0 aliphatic carbocycles. The van der Waals surface area contributed by atoms with Gasteiger partial charge in [0.1, 0.15) is 5.75 Å². The van der Waals surface area contributed by atoms with Gasteiger partial charge >= 0.3 is 0 Å². The fourth-order valence-corrected chi connectivity index (χ4v) is 2.69. The minimum atomic E-state index is -0.126. The van der Waals surface area contributed by atoms with Crippen LogP contribution < -0.4 is 10.1 Å². The number of nitrogens with zero attached hydrogens (tertiary/aromatic N) is 3. The van der Waals surface area contributed by atoms with E-state index in [0.717, 1.165) is 17.8 Å². The lowest BCUT2D eigenvalue weighted by molar-refractivity contribution is -0.117. The van der Waals surface area contributed by atoms with E-state index < -0.39 is 0 Å². The molecule has 2 aromatic rings. The Morgan fingerprint density at radius 1 is 1.46 bits per heavy atom. The van der Waals surface area contributed by atoms with E-state index in [2.05, 4.69) is 17.3 Å². The molecule has 130 valence electrons. The van der Waals surface area contributed by atoms with E-state index in [9.17, 15) is 4.79 Å². The molecule has 1 aromatic heterocycles.